The van der Waals surface area contributed by atoms with Crippen LogP contribution in [-0.4, -0.2) is 19.7 Å². The Kier molecular flexibility index (Phi) is 5.09. The van der Waals surface area contributed by atoms with Gasteiger partial charge in [-0.05, 0) is 48.4 Å². The molecular formula is C18H29NO. The molecule has 1 aromatic carbocycles. The maximum absolute atomic E-state index is 5.51. The molecule has 112 valence electrons. The van der Waals surface area contributed by atoms with Crippen molar-refractivity contribution in [2.24, 2.45) is 0 Å². The lowest BCUT2D eigenvalue weighted by Gasteiger charge is -2.21. The van der Waals surface area contributed by atoms with Crippen molar-refractivity contribution >= 4 is 0 Å². The molecule has 0 spiro atoms. The summed E-state index contributed by atoms with van der Waals surface area (Å²) in [5, 5.41) is 3.68. The van der Waals surface area contributed by atoms with Crippen LogP contribution in [-0.2, 0) is 11.8 Å². The molecule has 0 amide bonds. The topological polar surface area (TPSA) is 21.3 Å². The molecule has 0 atom stereocenters. The molecule has 0 unspecified atom stereocenters. The summed E-state index contributed by atoms with van der Waals surface area (Å²) in [6.45, 7) is 7.83. The van der Waals surface area contributed by atoms with Crippen molar-refractivity contribution in [1.82, 2.24) is 5.32 Å². The van der Waals surface area contributed by atoms with E-state index in [0.717, 1.165) is 24.8 Å². The minimum atomic E-state index is 0.194. The number of rotatable bonds is 5. The normalized spacial score (nSPS) is 16.6. The third-order valence-corrected chi connectivity index (χ3v) is 4.33. The Morgan fingerprint density at radius 1 is 1.20 bits per heavy atom. The summed E-state index contributed by atoms with van der Waals surface area (Å²) >= 11 is 0. The van der Waals surface area contributed by atoms with Gasteiger partial charge in [-0.25, -0.2) is 0 Å². The Morgan fingerprint density at radius 3 is 2.50 bits per heavy atom. The molecule has 2 nitrogen and oxygen atoms in total. The molecule has 1 N–H and O–H groups in total. The van der Waals surface area contributed by atoms with Crippen LogP contribution >= 0.6 is 0 Å². The lowest BCUT2D eigenvalue weighted by Crippen LogP contribution is -2.28. The molecule has 0 aliphatic heterocycles. The first kappa shape index (κ1) is 15.4. The molecule has 20 heavy (non-hydrogen) atoms. The molecule has 1 fully saturated rings. The van der Waals surface area contributed by atoms with Crippen LogP contribution in [0.15, 0.2) is 18.2 Å². The number of hydrogen-bond acceptors (Lipinski definition) is 2. The molecular weight excluding hydrogens is 246 g/mol. The van der Waals surface area contributed by atoms with E-state index in [9.17, 15) is 0 Å². The molecule has 0 bridgehead atoms. The largest absolute Gasteiger partial charge is 0.496 e. The molecule has 1 aliphatic carbocycles. The third kappa shape index (κ3) is 3.99. The van der Waals surface area contributed by atoms with Crippen molar-refractivity contribution in [1.29, 1.82) is 0 Å². The SMILES string of the molecule is COc1ccc(C(C)(C)C)cc1CCNC1CCCC1. The van der Waals surface area contributed by atoms with Crippen LogP contribution in [0.1, 0.15) is 57.6 Å². The zero-order chi connectivity index (χ0) is 14.6. The molecule has 0 radical (unpaired) electrons. The lowest BCUT2D eigenvalue weighted by atomic mass is 9.85. The first-order valence-electron chi connectivity index (χ1n) is 7.91. The van der Waals surface area contributed by atoms with Crippen LogP contribution in [0.3, 0.4) is 0 Å². The zero-order valence-electron chi connectivity index (χ0n) is 13.5. The number of ether oxygens (including phenoxy) is 1. The van der Waals surface area contributed by atoms with E-state index in [1.54, 1.807) is 7.11 Å². The van der Waals surface area contributed by atoms with Crippen molar-refractivity contribution in [2.45, 2.75) is 64.3 Å². The second-order valence-corrected chi connectivity index (χ2v) is 6.96. The highest BCUT2D eigenvalue weighted by Crippen LogP contribution is 2.28. The van der Waals surface area contributed by atoms with Gasteiger partial charge in [-0.1, -0.05) is 45.7 Å². The van der Waals surface area contributed by atoms with Gasteiger partial charge >= 0.3 is 0 Å². The predicted octanol–water partition coefficient (Wildman–Crippen LogP) is 4.07. The molecule has 1 aromatic rings. The molecule has 2 heteroatoms. The van der Waals surface area contributed by atoms with Crippen molar-refractivity contribution < 1.29 is 4.74 Å². The van der Waals surface area contributed by atoms with Crippen molar-refractivity contribution in [3.63, 3.8) is 0 Å². The van der Waals surface area contributed by atoms with Crippen LogP contribution < -0.4 is 10.1 Å². The van der Waals surface area contributed by atoms with E-state index in [2.05, 4.69) is 44.3 Å². The number of methoxy groups -OCH3 is 1. The van der Waals surface area contributed by atoms with Crippen LogP contribution in [0.4, 0.5) is 0 Å². The van der Waals surface area contributed by atoms with Gasteiger partial charge in [-0.3, -0.25) is 0 Å². The van der Waals surface area contributed by atoms with Crippen molar-refractivity contribution in [3.8, 4) is 5.75 Å². The number of nitrogens with one attached hydrogen (secondary N) is 1. The van der Waals surface area contributed by atoms with Gasteiger partial charge in [0.1, 0.15) is 5.75 Å². The van der Waals surface area contributed by atoms with Crippen LogP contribution in [0.5, 0.6) is 5.75 Å². The quantitative estimate of drug-likeness (QED) is 0.874. The van der Waals surface area contributed by atoms with Gasteiger partial charge in [0.2, 0.25) is 0 Å². The van der Waals surface area contributed by atoms with Crippen LogP contribution in [0, 0.1) is 0 Å². The van der Waals surface area contributed by atoms with E-state index >= 15 is 0 Å². The Hall–Kier alpha value is -1.02. The molecule has 2 rings (SSSR count). The molecule has 0 saturated heterocycles. The second-order valence-electron chi connectivity index (χ2n) is 6.96. The third-order valence-electron chi connectivity index (χ3n) is 4.33. The smallest absolute Gasteiger partial charge is 0.122 e. The summed E-state index contributed by atoms with van der Waals surface area (Å²) in [6.07, 6.45) is 6.52. The minimum absolute atomic E-state index is 0.194. The van der Waals surface area contributed by atoms with Crippen LogP contribution in [0.25, 0.3) is 0 Å². The van der Waals surface area contributed by atoms with Crippen molar-refractivity contribution in [2.75, 3.05) is 13.7 Å². The molecule has 0 heterocycles. The maximum Gasteiger partial charge on any atom is 0.122 e. The monoisotopic (exact) mass is 275 g/mol. The summed E-state index contributed by atoms with van der Waals surface area (Å²) < 4.78 is 5.51. The van der Waals surface area contributed by atoms with Gasteiger partial charge in [-0.15, -0.1) is 0 Å². The predicted molar refractivity (Wildman–Crippen MR) is 85.7 cm³/mol. The highest BCUT2D eigenvalue weighted by atomic mass is 16.5. The fourth-order valence-corrected chi connectivity index (χ4v) is 2.98. The van der Waals surface area contributed by atoms with E-state index in [0.29, 0.717) is 0 Å². The Bertz CT molecular complexity index is 428. The highest BCUT2D eigenvalue weighted by molar-refractivity contribution is 5.39. The van der Waals surface area contributed by atoms with Gasteiger partial charge in [0, 0.05) is 6.04 Å². The van der Waals surface area contributed by atoms with E-state index < -0.39 is 0 Å². The zero-order valence-corrected chi connectivity index (χ0v) is 13.5. The second kappa shape index (κ2) is 6.62. The summed E-state index contributed by atoms with van der Waals surface area (Å²) in [5.74, 6) is 1.02. The first-order valence-corrected chi connectivity index (χ1v) is 7.91. The van der Waals surface area contributed by atoms with E-state index in [1.807, 2.05) is 0 Å². The Morgan fingerprint density at radius 2 is 1.90 bits per heavy atom. The van der Waals surface area contributed by atoms with Gasteiger partial charge in [0.05, 0.1) is 7.11 Å². The van der Waals surface area contributed by atoms with Gasteiger partial charge in [0.15, 0.2) is 0 Å². The molecule has 1 aliphatic rings. The fourth-order valence-electron chi connectivity index (χ4n) is 2.98. The summed E-state index contributed by atoms with van der Waals surface area (Å²) in [5.41, 5.74) is 2.90. The van der Waals surface area contributed by atoms with Gasteiger partial charge in [-0.2, -0.15) is 0 Å². The highest BCUT2D eigenvalue weighted by Gasteiger charge is 2.17. The van der Waals surface area contributed by atoms with Crippen molar-refractivity contribution in [3.05, 3.63) is 29.3 Å². The lowest BCUT2D eigenvalue weighted by molar-refractivity contribution is 0.407. The first-order chi connectivity index (χ1) is 9.50. The summed E-state index contributed by atoms with van der Waals surface area (Å²) in [4.78, 5) is 0. The minimum Gasteiger partial charge on any atom is -0.496 e. The average Bonchev–Trinajstić information content (AvgIpc) is 2.90. The molecule has 0 aromatic heterocycles. The van der Waals surface area contributed by atoms with Gasteiger partial charge in [0.25, 0.3) is 0 Å². The Labute approximate surface area is 123 Å². The summed E-state index contributed by atoms with van der Waals surface area (Å²) in [6, 6.07) is 7.36. The van der Waals surface area contributed by atoms with E-state index in [-0.39, 0.29) is 5.41 Å². The fraction of sp³-hybridized carbons (Fsp3) is 0.667. The standard InChI is InChI=1S/C18H29NO/c1-18(2,3)15-9-10-17(20-4)14(13-15)11-12-19-16-7-5-6-8-16/h9-10,13,16,19H,5-8,11-12H2,1-4H3. The maximum atomic E-state index is 5.51. The molecule has 1 saturated carbocycles. The number of hydrogen-bond donors (Lipinski definition) is 1. The number of benzene rings is 1. The van der Waals surface area contributed by atoms with E-state index in [4.69, 9.17) is 4.74 Å². The summed E-state index contributed by atoms with van der Waals surface area (Å²) in [7, 11) is 1.76. The average molecular weight is 275 g/mol. The van der Waals surface area contributed by atoms with Crippen LogP contribution in [0.2, 0.25) is 0 Å². The van der Waals surface area contributed by atoms with E-state index in [1.165, 1.54) is 36.8 Å². The van der Waals surface area contributed by atoms with Gasteiger partial charge < -0.3 is 10.1 Å². The Balaban J connectivity index is 2.00.